The SMILES string of the molecule is CCCCN1CC2(CC(NC(=O)[C@@H]3CC[C@@H]4CN3C(=O)N4O)C2)C1.CCCCN1CC2(CC(NC(=O)[C@@H]3CC[C@@H]4CN3C(=O)N4OS(=O)(=O)O)C2)C1. The minimum Gasteiger partial charge on any atom is -0.352 e. The number of unbranched alkanes of at least 4 members (excludes halogenated alkanes) is 2. The van der Waals surface area contributed by atoms with Gasteiger partial charge in [-0.1, -0.05) is 26.7 Å². The van der Waals surface area contributed by atoms with Gasteiger partial charge >= 0.3 is 22.5 Å². The summed E-state index contributed by atoms with van der Waals surface area (Å²) in [4.78, 5) is 57.5. The van der Waals surface area contributed by atoms with E-state index in [0.29, 0.717) is 48.1 Å². The second-order valence-electron chi connectivity index (χ2n) is 16.9. The summed E-state index contributed by atoms with van der Waals surface area (Å²) in [6.07, 6.45) is 11.2. The van der Waals surface area contributed by atoms with Crippen LogP contribution in [0.25, 0.3) is 0 Å². The Bertz CT molecular complexity index is 1490. The number of nitrogens with one attached hydrogen (secondary N) is 2. The number of rotatable bonds is 12. The van der Waals surface area contributed by atoms with Gasteiger partial charge in [-0.15, -0.1) is 4.28 Å². The van der Waals surface area contributed by atoms with Crippen molar-refractivity contribution in [1.82, 2.24) is 40.4 Å². The number of carbonyl (C=O) groups excluding carboxylic acids is 4. The van der Waals surface area contributed by atoms with E-state index in [1.807, 2.05) is 0 Å². The number of fused-ring (bicyclic) bond motifs is 4. The van der Waals surface area contributed by atoms with Crippen LogP contribution in [0.5, 0.6) is 0 Å². The first-order valence-electron chi connectivity index (χ1n) is 19.3. The van der Waals surface area contributed by atoms with Gasteiger partial charge in [0.2, 0.25) is 11.8 Å². The van der Waals surface area contributed by atoms with Gasteiger partial charge in [0, 0.05) is 51.4 Å². The highest BCUT2D eigenvalue weighted by molar-refractivity contribution is 7.80. The Hall–Kier alpha value is -2.77. The third kappa shape index (κ3) is 7.47. The number of hydrogen-bond acceptors (Lipinski definition) is 10. The van der Waals surface area contributed by atoms with Gasteiger partial charge in [-0.2, -0.15) is 13.5 Å². The lowest BCUT2D eigenvalue weighted by molar-refractivity contribution is -0.132. The molecular formula is C34H56N8O9S. The number of carbonyl (C=O) groups is 4. The lowest BCUT2D eigenvalue weighted by Crippen LogP contribution is -2.67. The largest absolute Gasteiger partial charge is 0.418 e. The van der Waals surface area contributed by atoms with Gasteiger partial charge < -0.3 is 30.2 Å². The number of likely N-dealkylation sites (tertiary alicyclic amines) is 2. The molecular weight excluding hydrogens is 696 g/mol. The zero-order valence-corrected chi connectivity index (χ0v) is 31.3. The van der Waals surface area contributed by atoms with Gasteiger partial charge in [0.25, 0.3) is 0 Å². The van der Waals surface area contributed by atoms with Crippen LogP contribution in [0.1, 0.15) is 90.9 Å². The second-order valence-corrected chi connectivity index (χ2v) is 17.9. The molecule has 2 saturated carbocycles. The summed E-state index contributed by atoms with van der Waals surface area (Å²) in [7, 11) is -4.78. The van der Waals surface area contributed by atoms with Crippen LogP contribution in [0.4, 0.5) is 9.59 Å². The molecule has 0 unspecified atom stereocenters. The zero-order chi connectivity index (χ0) is 37.0. The predicted octanol–water partition coefficient (Wildman–Crippen LogP) is 1.40. The van der Waals surface area contributed by atoms with Crippen LogP contribution in [0.2, 0.25) is 0 Å². The van der Waals surface area contributed by atoms with Crippen molar-refractivity contribution < 1.29 is 41.6 Å². The van der Waals surface area contributed by atoms with E-state index in [0.717, 1.165) is 50.4 Å². The minimum absolute atomic E-state index is 0.0425. The van der Waals surface area contributed by atoms with Gasteiger partial charge in [0.1, 0.15) is 12.1 Å². The van der Waals surface area contributed by atoms with Crippen molar-refractivity contribution in [2.24, 2.45) is 10.8 Å². The summed E-state index contributed by atoms with van der Waals surface area (Å²) in [5.41, 5.74) is 0.793. The molecule has 4 atom stereocenters. The Balaban J connectivity index is 0.000000164. The summed E-state index contributed by atoms with van der Waals surface area (Å²) in [5, 5.41) is 17.4. The summed E-state index contributed by atoms with van der Waals surface area (Å²) in [6, 6.07) is -2.38. The monoisotopic (exact) mass is 752 g/mol. The minimum atomic E-state index is -4.78. The number of amides is 6. The first-order chi connectivity index (χ1) is 24.7. The lowest BCUT2D eigenvalue weighted by Gasteiger charge is -2.59. The van der Waals surface area contributed by atoms with Crippen LogP contribution in [0.15, 0.2) is 0 Å². The van der Waals surface area contributed by atoms with Gasteiger partial charge in [-0.05, 0) is 88.1 Å². The normalized spacial score (nSPS) is 30.8. The smallest absolute Gasteiger partial charge is 0.352 e. The van der Waals surface area contributed by atoms with E-state index in [2.05, 4.69) is 38.6 Å². The Labute approximate surface area is 306 Å². The number of urea groups is 2. The molecule has 8 rings (SSSR count). The van der Waals surface area contributed by atoms with Gasteiger partial charge in [-0.25, -0.2) is 14.7 Å². The van der Waals surface area contributed by atoms with Crippen molar-refractivity contribution >= 4 is 34.3 Å². The van der Waals surface area contributed by atoms with Gasteiger partial charge in [0.05, 0.1) is 12.1 Å². The van der Waals surface area contributed by atoms with Crippen molar-refractivity contribution in [1.29, 1.82) is 0 Å². The first kappa shape index (κ1) is 37.5. The highest BCUT2D eigenvalue weighted by atomic mass is 32.3. The predicted molar refractivity (Wildman–Crippen MR) is 186 cm³/mol. The number of piperidine rings is 2. The molecule has 0 aromatic carbocycles. The Morgan fingerprint density at radius 3 is 1.65 bits per heavy atom. The molecule has 292 valence electrons. The number of nitrogens with zero attached hydrogens (tertiary/aromatic N) is 6. The molecule has 6 saturated heterocycles. The van der Waals surface area contributed by atoms with Crippen LogP contribution >= 0.6 is 0 Å². The summed E-state index contributed by atoms with van der Waals surface area (Å²) in [5.74, 6) is -0.235. The summed E-state index contributed by atoms with van der Waals surface area (Å²) >= 11 is 0. The molecule has 52 heavy (non-hydrogen) atoms. The third-order valence-electron chi connectivity index (χ3n) is 12.7. The van der Waals surface area contributed by atoms with Crippen LogP contribution in [-0.2, 0) is 24.3 Å². The molecule has 0 aromatic rings. The van der Waals surface area contributed by atoms with E-state index < -0.39 is 40.6 Å². The summed E-state index contributed by atoms with van der Waals surface area (Å²) < 4.78 is 35.1. The fourth-order valence-corrected chi connectivity index (χ4v) is 10.6. The standard InChI is InChI=1S/C17H28N4O6S.C17H28N4O3/c1-2-3-6-19-10-17(11-19)7-12(8-17)18-15(22)14-5-4-13-9-20(14)16(23)21(13)27-28(24,25)26;1-2-3-6-19-10-17(11-19)7-12(8-17)18-15(22)14-5-4-13-9-20(14)16(23)21(13)24/h12-14H,2-11H2,1H3,(H,18,22)(H,24,25,26);12-14,24H,2-11H2,1H3,(H,18,22)/t2*13-,14+/m11/s1. The molecule has 6 amide bonds. The Kier molecular flexibility index (Phi) is 10.4. The van der Waals surface area contributed by atoms with E-state index in [1.165, 1.54) is 55.1 Å². The van der Waals surface area contributed by atoms with Crippen LogP contribution in [0.3, 0.4) is 0 Å². The highest BCUT2D eigenvalue weighted by Gasteiger charge is 2.55. The zero-order valence-electron chi connectivity index (χ0n) is 30.4. The van der Waals surface area contributed by atoms with Crippen molar-refractivity contribution in [3.05, 3.63) is 0 Å². The van der Waals surface area contributed by atoms with E-state index in [4.69, 9.17) is 4.55 Å². The quantitative estimate of drug-likeness (QED) is 0.166. The highest BCUT2D eigenvalue weighted by Crippen LogP contribution is 2.49. The van der Waals surface area contributed by atoms with Crippen molar-refractivity contribution in [3.8, 4) is 0 Å². The average Bonchev–Trinajstić information content (AvgIpc) is 3.39. The van der Waals surface area contributed by atoms with Crippen molar-refractivity contribution in [2.75, 3.05) is 52.4 Å². The Morgan fingerprint density at radius 2 is 1.19 bits per heavy atom. The van der Waals surface area contributed by atoms with E-state index >= 15 is 0 Å². The molecule has 4 N–H and O–H groups in total. The molecule has 2 aliphatic carbocycles. The number of hydroxylamine groups is 4. The molecule has 6 aliphatic heterocycles. The summed E-state index contributed by atoms with van der Waals surface area (Å²) in [6.45, 7) is 12.0. The maximum absolute atomic E-state index is 12.7. The van der Waals surface area contributed by atoms with Crippen LogP contribution in [-0.4, -0.2) is 160 Å². The fourth-order valence-electron chi connectivity index (χ4n) is 10.2. The average molecular weight is 753 g/mol. The third-order valence-corrected chi connectivity index (χ3v) is 13.1. The molecule has 4 bridgehead atoms. The van der Waals surface area contributed by atoms with Gasteiger partial charge in [0.15, 0.2) is 0 Å². The van der Waals surface area contributed by atoms with E-state index in [-0.39, 0.29) is 36.5 Å². The van der Waals surface area contributed by atoms with E-state index in [9.17, 15) is 32.8 Å². The number of hydrogen-bond donors (Lipinski definition) is 4. The molecule has 8 fully saturated rings. The van der Waals surface area contributed by atoms with Crippen molar-refractivity contribution in [2.45, 2.75) is 127 Å². The fraction of sp³-hybridized carbons (Fsp3) is 0.882. The van der Waals surface area contributed by atoms with Crippen LogP contribution < -0.4 is 10.6 Å². The molecule has 2 spiro atoms. The molecule has 0 radical (unpaired) electrons. The molecule has 18 heteroatoms. The molecule has 0 aromatic heterocycles. The molecule has 6 heterocycles. The Morgan fingerprint density at radius 1 is 0.750 bits per heavy atom. The van der Waals surface area contributed by atoms with Crippen molar-refractivity contribution in [3.63, 3.8) is 0 Å². The maximum atomic E-state index is 12.7. The second kappa shape index (κ2) is 14.5. The van der Waals surface area contributed by atoms with Crippen LogP contribution in [0, 0.1) is 10.8 Å². The molecule has 8 aliphatic rings. The van der Waals surface area contributed by atoms with E-state index in [1.54, 1.807) is 0 Å². The molecule has 17 nitrogen and oxygen atoms in total. The maximum Gasteiger partial charge on any atom is 0.418 e. The lowest BCUT2D eigenvalue weighted by atomic mass is 9.60. The topological polar surface area (TPSA) is 196 Å². The first-order valence-corrected chi connectivity index (χ1v) is 20.7. The van der Waals surface area contributed by atoms with Gasteiger partial charge in [-0.3, -0.25) is 19.3 Å².